The van der Waals surface area contributed by atoms with Crippen molar-refractivity contribution in [2.75, 3.05) is 11.4 Å². The van der Waals surface area contributed by atoms with E-state index >= 15 is 0 Å². The van der Waals surface area contributed by atoms with Crippen LogP contribution in [0.1, 0.15) is 55.8 Å². The highest BCUT2D eigenvalue weighted by atomic mass is 35.5. The molecule has 2 aromatic carbocycles. The quantitative estimate of drug-likeness (QED) is 0.345. The number of nitrogens with one attached hydrogen (secondary N) is 1. The van der Waals surface area contributed by atoms with Crippen molar-refractivity contribution < 1.29 is 22.8 Å². The van der Waals surface area contributed by atoms with Crippen LogP contribution >= 0.6 is 11.6 Å². The Labute approximate surface area is 254 Å². The number of hydrogen-bond donors (Lipinski definition) is 1. The molecule has 0 aliphatic carbocycles. The fourth-order valence-corrected chi connectivity index (χ4v) is 5.96. The van der Waals surface area contributed by atoms with Crippen LogP contribution in [-0.2, 0) is 15.8 Å². The molecule has 0 spiro atoms. The lowest BCUT2D eigenvalue weighted by atomic mass is 9.99. The number of carbonyl (C=O) groups excluding carboxylic acids is 2. The molecule has 0 saturated carbocycles. The normalized spacial score (nSPS) is 19.5. The minimum absolute atomic E-state index is 0.135. The molecular weight excluding hydrogens is 599 g/mol. The van der Waals surface area contributed by atoms with Crippen molar-refractivity contribution in [2.45, 2.75) is 56.8 Å². The van der Waals surface area contributed by atoms with Gasteiger partial charge in [-0.05, 0) is 55.2 Å². The van der Waals surface area contributed by atoms with E-state index in [4.69, 9.17) is 11.6 Å². The standard InChI is InChI=1S/C30H27ClF3N7O3/c31-19-8-9-24(40-16-26(37-38-40)30(32,33)34)21(14-19)22-15-28(43)39(17-36-22)23-7-2-1-3-12-35-29(44)25-10-11-27(42)41(25)20-6-4-5-18(23)13-20/h4-6,8-9,13-17,23,25H,1-3,7,10-12H2,(H,35,44)/t23-,25+/m0/s1. The van der Waals surface area contributed by atoms with Crippen molar-refractivity contribution in [3.63, 3.8) is 0 Å². The number of hydrogen-bond acceptors (Lipinski definition) is 6. The topological polar surface area (TPSA) is 115 Å². The third-order valence-electron chi connectivity index (χ3n) is 7.94. The lowest BCUT2D eigenvalue weighted by Gasteiger charge is -2.26. The highest BCUT2D eigenvalue weighted by Gasteiger charge is 2.37. The van der Waals surface area contributed by atoms with Gasteiger partial charge in [0.2, 0.25) is 11.8 Å². The van der Waals surface area contributed by atoms with Crippen LogP contribution in [0.2, 0.25) is 5.02 Å². The molecule has 228 valence electrons. The molecule has 2 amide bonds. The molecule has 1 N–H and O–H groups in total. The monoisotopic (exact) mass is 625 g/mol. The third kappa shape index (κ3) is 5.83. The SMILES string of the molecule is O=C1NCCCCC[C@H](n2cnc(-c3cc(Cl)ccc3-n3cc(C(F)(F)F)nn3)cc2=O)c2cccc(c2)N2C(=O)CC[C@H]12. The van der Waals surface area contributed by atoms with Crippen LogP contribution < -0.4 is 15.8 Å². The van der Waals surface area contributed by atoms with Gasteiger partial charge < -0.3 is 5.32 Å². The van der Waals surface area contributed by atoms with Gasteiger partial charge in [-0.3, -0.25) is 23.9 Å². The molecule has 2 aliphatic heterocycles. The summed E-state index contributed by atoms with van der Waals surface area (Å²) in [4.78, 5) is 45.4. The molecule has 0 unspecified atom stereocenters. The number of nitrogens with zero attached hydrogens (tertiary/aromatic N) is 6. The summed E-state index contributed by atoms with van der Waals surface area (Å²) in [5.74, 6) is -0.307. The van der Waals surface area contributed by atoms with Gasteiger partial charge in [0.15, 0.2) is 5.69 Å². The van der Waals surface area contributed by atoms with Gasteiger partial charge in [0.25, 0.3) is 5.56 Å². The maximum absolute atomic E-state index is 13.7. The molecule has 2 bridgehead atoms. The van der Waals surface area contributed by atoms with Gasteiger partial charge in [-0.15, -0.1) is 5.10 Å². The first kappa shape index (κ1) is 29.5. The van der Waals surface area contributed by atoms with Crippen molar-refractivity contribution in [3.05, 3.63) is 87.7 Å². The van der Waals surface area contributed by atoms with Gasteiger partial charge in [0.05, 0.1) is 29.9 Å². The summed E-state index contributed by atoms with van der Waals surface area (Å²) < 4.78 is 42.0. The zero-order valence-corrected chi connectivity index (χ0v) is 24.1. The van der Waals surface area contributed by atoms with Crippen molar-refractivity contribution in [2.24, 2.45) is 0 Å². The Hall–Kier alpha value is -4.52. The molecule has 2 aromatic heterocycles. The Morgan fingerprint density at radius 1 is 0.955 bits per heavy atom. The lowest BCUT2D eigenvalue weighted by molar-refractivity contribution is -0.141. The molecule has 2 aliphatic rings. The average Bonchev–Trinajstić information content (AvgIpc) is 3.64. The number of aromatic nitrogens is 5. The summed E-state index contributed by atoms with van der Waals surface area (Å²) >= 11 is 6.23. The van der Waals surface area contributed by atoms with Crippen LogP contribution in [0.5, 0.6) is 0 Å². The van der Waals surface area contributed by atoms with Crippen LogP contribution in [-0.4, -0.2) is 48.9 Å². The van der Waals surface area contributed by atoms with E-state index in [0.717, 1.165) is 35.7 Å². The van der Waals surface area contributed by atoms with Gasteiger partial charge in [-0.25, -0.2) is 9.67 Å². The van der Waals surface area contributed by atoms with E-state index in [0.29, 0.717) is 35.7 Å². The maximum atomic E-state index is 13.7. The molecule has 14 heteroatoms. The molecule has 1 saturated heterocycles. The van der Waals surface area contributed by atoms with Crippen molar-refractivity contribution in [1.82, 2.24) is 29.9 Å². The molecule has 10 nitrogen and oxygen atoms in total. The van der Waals surface area contributed by atoms with E-state index in [1.165, 1.54) is 40.1 Å². The molecule has 2 atom stereocenters. The number of rotatable bonds is 3. The number of anilines is 1. The van der Waals surface area contributed by atoms with Gasteiger partial charge in [-0.1, -0.05) is 41.8 Å². The smallest absolute Gasteiger partial charge is 0.354 e. The average molecular weight is 626 g/mol. The van der Waals surface area contributed by atoms with E-state index in [2.05, 4.69) is 20.6 Å². The van der Waals surface area contributed by atoms with E-state index in [9.17, 15) is 27.6 Å². The zero-order valence-electron chi connectivity index (χ0n) is 23.3. The summed E-state index contributed by atoms with van der Waals surface area (Å²) in [6.45, 7) is 0.494. The Bertz CT molecular complexity index is 1790. The fourth-order valence-electron chi connectivity index (χ4n) is 5.79. The van der Waals surface area contributed by atoms with Crippen LogP contribution in [0.3, 0.4) is 0 Å². The minimum Gasteiger partial charge on any atom is -0.354 e. The molecular formula is C30H27ClF3N7O3. The number of carbonyl (C=O) groups is 2. The van der Waals surface area contributed by atoms with Gasteiger partial charge >= 0.3 is 6.18 Å². The second kappa shape index (κ2) is 11.9. The summed E-state index contributed by atoms with van der Waals surface area (Å²) in [6, 6.07) is 12.1. The summed E-state index contributed by atoms with van der Waals surface area (Å²) in [7, 11) is 0. The van der Waals surface area contributed by atoms with Crippen LogP contribution in [0.15, 0.2) is 65.8 Å². The zero-order chi connectivity index (χ0) is 31.0. The summed E-state index contributed by atoms with van der Waals surface area (Å²) in [5, 5.41) is 10.1. The second-order valence-corrected chi connectivity index (χ2v) is 11.2. The predicted molar refractivity (Wildman–Crippen MR) is 155 cm³/mol. The number of benzene rings is 2. The predicted octanol–water partition coefficient (Wildman–Crippen LogP) is 4.94. The van der Waals surface area contributed by atoms with Gasteiger partial charge in [0.1, 0.15) is 6.04 Å². The van der Waals surface area contributed by atoms with Gasteiger partial charge in [-0.2, -0.15) is 13.2 Å². The lowest BCUT2D eigenvalue weighted by Crippen LogP contribution is -2.45. The van der Waals surface area contributed by atoms with Gasteiger partial charge in [0, 0.05) is 35.3 Å². The van der Waals surface area contributed by atoms with Crippen molar-refractivity contribution in [1.29, 1.82) is 0 Å². The fraction of sp³-hybridized carbons (Fsp3) is 0.333. The first-order chi connectivity index (χ1) is 21.1. The minimum atomic E-state index is -4.68. The van der Waals surface area contributed by atoms with E-state index < -0.39 is 24.0 Å². The van der Waals surface area contributed by atoms with Crippen molar-refractivity contribution in [3.8, 4) is 16.9 Å². The van der Waals surface area contributed by atoms with Crippen LogP contribution in [0.25, 0.3) is 16.9 Å². The Balaban J connectivity index is 1.39. The largest absolute Gasteiger partial charge is 0.436 e. The highest BCUT2D eigenvalue weighted by Crippen LogP contribution is 2.33. The van der Waals surface area contributed by atoms with Crippen LogP contribution in [0.4, 0.5) is 18.9 Å². The molecule has 4 aromatic rings. The number of halogens is 4. The van der Waals surface area contributed by atoms with Crippen molar-refractivity contribution >= 4 is 29.1 Å². The van der Waals surface area contributed by atoms with E-state index in [1.807, 2.05) is 12.1 Å². The summed E-state index contributed by atoms with van der Waals surface area (Å²) in [6.07, 6.45) is 1.11. The van der Waals surface area contributed by atoms with Crippen LogP contribution in [0, 0.1) is 0 Å². The third-order valence-corrected chi connectivity index (χ3v) is 8.17. The first-order valence-electron chi connectivity index (χ1n) is 14.2. The molecule has 4 heterocycles. The molecule has 1 fully saturated rings. The molecule has 44 heavy (non-hydrogen) atoms. The highest BCUT2D eigenvalue weighted by molar-refractivity contribution is 6.31. The Morgan fingerprint density at radius 3 is 2.57 bits per heavy atom. The number of amides is 2. The Morgan fingerprint density at radius 2 is 1.80 bits per heavy atom. The number of fused-ring (bicyclic) bond motifs is 4. The second-order valence-electron chi connectivity index (χ2n) is 10.8. The van der Waals surface area contributed by atoms with E-state index in [1.54, 1.807) is 12.1 Å². The maximum Gasteiger partial charge on any atom is 0.436 e. The molecule has 0 radical (unpaired) electrons. The first-order valence-corrected chi connectivity index (χ1v) is 14.6. The molecule has 6 rings (SSSR count). The number of alkyl halides is 3. The van der Waals surface area contributed by atoms with E-state index in [-0.39, 0.29) is 35.2 Å². The Kier molecular flexibility index (Phi) is 7.97. The summed E-state index contributed by atoms with van der Waals surface area (Å²) in [5.41, 5.74) is 0.523.